The minimum atomic E-state index is 0.399. The van der Waals surface area contributed by atoms with Crippen LogP contribution in [-0.2, 0) is 0 Å². The maximum absolute atomic E-state index is 5.38. The zero-order valence-corrected chi connectivity index (χ0v) is 9.55. The van der Waals surface area contributed by atoms with E-state index in [4.69, 9.17) is 10.6 Å². The van der Waals surface area contributed by atoms with E-state index in [0.717, 1.165) is 17.0 Å². The predicted molar refractivity (Wildman–Crippen MR) is 66.4 cm³/mol. The van der Waals surface area contributed by atoms with Crippen LogP contribution in [0.4, 0.5) is 5.95 Å². The molecule has 1 aromatic carbocycles. The van der Waals surface area contributed by atoms with Crippen molar-refractivity contribution in [1.82, 2.24) is 9.97 Å². The lowest BCUT2D eigenvalue weighted by atomic mass is 10.1. The van der Waals surface area contributed by atoms with Crippen LogP contribution in [0.25, 0.3) is 11.3 Å². The van der Waals surface area contributed by atoms with E-state index in [2.05, 4.69) is 15.4 Å². The lowest BCUT2D eigenvalue weighted by molar-refractivity contribution is 0.340. The van der Waals surface area contributed by atoms with E-state index < -0.39 is 0 Å². The number of rotatable bonds is 4. The van der Waals surface area contributed by atoms with Crippen molar-refractivity contribution >= 4 is 5.95 Å². The van der Waals surface area contributed by atoms with Crippen LogP contribution >= 0.6 is 0 Å². The van der Waals surface area contributed by atoms with Crippen molar-refractivity contribution in [3.05, 3.63) is 36.5 Å². The van der Waals surface area contributed by atoms with Crippen LogP contribution in [0.1, 0.15) is 6.92 Å². The van der Waals surface area contributed by atoms with Crippen molar-refractivity contribution in [3.8, 4) is 17.0 Å². The normalized spacial score (nSPS) is 10.0. The van der Waals surface area contributed by atoms with Crippen molar-refractivity contribution in [2.24, 2.45) is 5.84 Å². The SMILES string of the molecule is CCOc1ccc(-c2ccnc(NN)n2)cc1. The van der Waals surface area contributed by atoms with Gasteiger partial charge in [0.15, 0.2) is 0 Å². The van der Waals surface area contributed by atoms with Gasteiger partial charge in [0.05, 0.1) is 12.3 Å². The number of nitrogens with zero attached hydrogens (tertiary/aromatic N) is 2. The number of aromatic nitrogens is 2. The first-order valence-corrected chi connectivity index (χ1v) is 5.36. The molecule has 0 fully saturated rings. The summed E-state index contributed by atoms with van der Waals surface area (Å²) in [6.45, 7) is 2.62. The summed E-state index contributed by atoms with van der Waals surface area (Å²) >= 11 is 0. The highest BCUT2D eigenvalue weighted by molar-refractivity contribution is 5.60. The number of nitrogens with two attached hydrogens (primary N) is 1. The van der Waals surface area contributed by atoms with E-state index in [-0.39, 0.29) is 0 Å². The van der Waals surface area contributed by atoms with Gasteiger partial charge in [0.1, 0.15) is 5.75 Å². The number of hydrogen-bond donors (Lipinski definition) is 2. The zero-order valence-electron chi connectivity index (χ0n) is 9.55. The summed E-state index contributed by atoms with van der Waals surface area (Å²) in [6, 6.07) is 9.56. The van der Waals surface area contributed by atoms with Crippen LogP contribution < -0.4 is 16.0 Å². The minimum absolute atomic E-state index is 0.399. The fourth-order valence-corrected chi connectivity index (χ4v) is 1.48. The Balaban J connectivity index is 2.26. The highest BCUT2D eigenvalue weighted by Crippen LogP contribution is 2.20. The standard InChI is InChI=1S/C12H14N4O/c1-2-17-10-5-3-9(4-6-10)11-7-8-14-12(15-11)16-13/h3-8H,2,13H2,1H3,(H,14,15,16). The monoisotopic (exact) mass is 230 g/mol. The predicted octanol–water partition coefficient (Wildman–Crippen LogP) is 1.83. The van der Waals surface area contributed by atoms with Gasteiger partial charge in [-0.2, -0.15) is 0 Å². The number of ether oxygens (including phenoxy) is 1. The summed E-state index contributed by atoms with van der Waals surface area (Å²) in [5.74, 6) is 6.51. The fourth-order valence-electron chi connectivity index (χ4n) is 1.48. The van der Waals surface area contributed by atoms with Crippen molar-refractivity contribution in [2.45, 2.75) is 6.92 Å². The molecule has 0 atom stereocenters. The number of nitrogen functional groups attached to an aromatic ring is 1. The molecule has 1 heterocycles. The third-order valence-corrected chi connectivity index (χ3v) is 2.25. The second-order valence-corrected chi connectivity index (χ2v) is 3.37. The van der Waals surface area contributed by atoms with Gasteiger partial charge in [0.2, 0.25) is 5.95 Å². The largest absolute Gasteiger partial charge is 0.494 e. The highest BCUT2D eigenvalue weighted by Gasteiger charge is 2.01. The van der Waals surface area contributed by atoms with Crippen molar-refractivity contribution in [2.75, 3.05) is 12.0 Å². The van der Waals surface area contributed by atoms with Crippen LogP contribution in [0.15, 0.2) is 36.5 Å². The molecule has 0 radical (unpaired) electrons. The van der Waals surface area contributed by atoms with Crippen LogP contribution in [0, 0.1) is 0 Å². The van der Waals surface area contributed by atoms with Gasteiger partial charge in [0, 0.05) is 11.8 Å². The number of hydrogen-bond acceptors (Lipinski definition) is 5. The molecule has 5 heteroatoms. The number of hydrazine groups is 1. The molecule has 0 spiro atoms. The molecule has 0 unspecified atom stereocenters. The minimum Gasteiger partial charge on any atom is -0.494 e. The number of benzene rings is 1. The Morgan fingerprint density at radius 3 is 2.65 bits per heavy atom. The van der Waals surface area contributed by atoms with Crippen molar-refractivity contribution in [3.63, 3.8) is 0 Å². The lowest BCUT2D eigenvalue weighted by Crippen LogP contribution is -2.10. The molecular weight excluding hydrogens is 216 g/mol. The summed E-state index contributed by atoms with van der Waals surface area (Å²) in [4.78, 5) is 8.21. The van der Waals surface area contributed by atoms with E-state index >= 15 is 0 Å². The van der Waals surface area contributed by atoms with E-state index in [1.54, 1.807) is 6.20 Å². The van der Waals surface area contributed by atoms with Gasteiger partial charge >= 0.3 is 0 Å². The van der Waals surface area contributed by atoms with Crippen molar-refractivity contribution < 1.29 is 4.74 Å². The van der Waals surface area contributed by atoms with E-state index in [1.165, 1.54) is 0 Å². The highest BCUT2D eigenvalue weighted by atomic mass is 16.5. The maximum atomic E-state index is 5.38. The summed E-state index contributed by atoms with van der Waals surface area (Å²) in [5.41, 5.74) is 4.23. The van der Waals surface area contributed by atoms with Crippen molar-refractivity contribution in [1.29, 1.82) is 0 Å². The number of anilines is 1. The Bertz CT molecular complexity index is 484. The van der Waals surface area contributed by atoms with Gasteiger partial charge in [0.25, 0.3) is 0 Å². The molecular formula is C12H14N4O. The fraction of sp³-hybridized carbons (Fsp3) is 0.167. The summed E-state index contributed by atoms with van der Waals surface area (Å²) in [7, 11) is 0. The zero-order chi connectivity index (χ0) is 12.1. The molecule has 2 rings (SSSR count). The smallest absolute Gasteiger partial charge is 0.237 e. The molecule has 1 aromatic heterocycles. The molecule has 0 amide bonds. The average Bonchev–Trinajstić information content (AvgIpc) is 2.40. The average molecular weight is 230 g/mol. The molecule has 88 valence electrons. The van der Waals surface area contributed by atoms with Gasteiger partial charge in [-0.05, 0) is 37.3 Å². The molecule has 3 N–H and O–H groups in total. The Morgan fingerprint density at radius 1 is 1.24 bits per heavy atom. The van der Waals surface area contributed by atoms with Crippen LogP contribution in [0.3, 0.4) is 0 Å². The lowest BCUT2D eigenvalue weighted by Gasteiger charge is -2.05. The van der Waals surface area contributed by atoms with Gasteiger partial charge in [-0.15, -0.1) is 0 Å². The third kappa shape index (κ3) is 2.70. The molecule has 0 aliphatic rings. The molecule has 0 aliphatic heterocycles. The van der Waals surface area contributed by atoms with Crippen LogP contribution in [0.5, 0.6) is 5.75 Å². The topological polar surface area (TPSA) is 73.1 Å². The van der Waals surface area contributed by atoms with Gasteiger partial charge in [-0.1, -0.05) is 0 Å². The molecule has 5 nitrogen and oxygen atoms in total. The first-order valence-electron chi connectivity index (χ1n) is 5.36. The molecule has 0 saturated heterocycles. The van der Waals surface area contributed by atoms with Gasteiger partial charge < -0.3 is 4.74 Å². The first-order chi connectivity index (χ1) is 8.33. The summed E-state index contributed by atoms with van der Waals surface area (Å²) in [6.07, 6.45) is 1.66. The maximum Gasteiger partial charge on any atom is 0.237 e. The Morgan fingerprint density at radius 2 is 2.00 bits per heavy atom. The molecule has 0 aliphatic carbocycles. The second-order valence-electron chi connectivity index (χ2n) is 3.37. The van der Waals surface area contributed by atoms with Crippen LogP contribution in [0.2, 0.25) is 0 Å². The van der Waals surface area contributed by atoms with Crippen LogP contribution in [-0.4, -0.2) is 16.6 Å². The van der Waals surface area contributed by atoms with Gasteiger partial charge in [-0.3, -0.25) is 5.43 Å². The molecule has 17 heavy (non-hydrogen) atoms. The molecule has 0 bridgehead atoms. The third-order valence-electron chi connectivity index (χ3n) is 2.25. The summed E-state index contributed by atoms with van der Waals surface area (Å²) < 4.78 is 5.38. The second kappa shape index (κ2) is 5.27. The Hall–Kier alpha value is -2.14. The molecule has 0 saturated carbocycles. The number of nitrogens with one attached hydrogen (secondary N) is 1. The van der Waals surface area contributed by atoms with E-state index in [1.807, 2.05) is 37.3 Å². The Labute approximate surface area is 99.6 Å². The quantitative estimate of drug-likeness (QED) is 0.619. The van der Waals surface area contributed by atoms with E-state index in [9.17, 15) is 0 Å². The molecule has 2 aromatic rings. The first kappa shape index (κ1) is 11.3. The Kier molecular flexibility index (Phi) is 3.52. The van der Waals surface area contributed by atoms with E-state index in [0.29, 0.717) is 12.6 Å². The summed E-state index contributed by atoms with van der Waals surface area (Å²) in [5, 5.41) is 0. The van der Waals surface area contributed by atoms with Gasteiger partial charge in [-0.25, -0.2) is 15.8 Å².